The van der Waals surface area contributed by atoms with Gasteiger partial charge in [0.05, 0.1) is 6.54 Å². The van der Waals surface area contributed by atoms with Crippen LogP contribution >= 0.6 is 0 Å². The van der Waals surface area contributed by atoms with Crippen LogP contribution < -0.4 is 0 Å². The Labute approximate surface area is 116 Å². The number of hydrogen-bond donors (Lipinski definition) is 1. The highest BCUT2D eigenvalue weighted by atomic mass is 16.3. The van der Waals surface area contributed by atoms with Crippen LogP contribution in [0.1, 0.15) is 21.8 Å². The Morgan fingerprint density at radius 3 is 2.45 bits per heavy atom. The highest BCUT2D eigenvalue weighted by Gasteiger charge is 2.33. The third kappa shape index (κ3) is 2.32. The molecule has 4 nitrogen and oxygen atoms in total. The second-order valence-corrected chi connectivity index (χ2v) is 4.81. The van der Waals surface area contributed by atoms with Gasteiger partial charge in [0.2, 0.25) is 0 Å². The maximum atomic E-state index is 12.5. The van der Waals surface area contributed by atoms with E-state index in [1.165, 1.54) is 0 Å². The van der Waals surface area contributed by atoms with Crippen LogP contribution in [-0.2, 0) is 0 Å². The Hall–Kier alpha value is -2.49. The minimum absolute atomic E-state index is 0.00933. The standard InChI is InChI=1S/C16H14N2O2/c19-13-8-6-11(7-9-13)14-10-17-18-15(14)16(20)12-4-2-1-3-5-12/h1-9,14-15,19H,10H2/t14-,15+/m0/s1. The molecule has 0 radical (unpaired) electrons. The van der Waals surface area contributed by atoms with E-state index in [1.807, 2.05) is 30.3 Å². The van der Waals surface area contributed by atoms with Crippen molar-refractivity contribution in [2.75, 3.05) is 6.54 Å². The van der Waals surface area contributed by atoms with Crippen LogP contribution in [0.5, 0.6) is 5.75 Å². The maximum absolute atomic E-state index is 12.5. The normalized spacial score (nSPS) is 21.0. The molecule has 0 aliphatic carbocycles. The molecule has 1 aliphatic heterocycles. The molecule has 1 aliphatic rings. The van der Waals surface area contributed by atoms with Crippen molar-refractivity contribution in [2.45, 2.75) is 12.0 Å². The molecule has 100 valence electrons. The van der Waals surface area contributed by atoms with Gasteiger partial charge in [0, 0.05) is 11.5 Å². The van der Waals surface area contributed by atoms with E-state index in [2.05, 4.69) is 10.2 Å². The van der Waals surface area contributed by atoms with E-state index in [9.17, 15) is 9.90 Å². The molecule has 20 heavy (non-hydrogen) atoms. The summed E-state index contributed by atoms with van der Waals surface area (Å²) in [7, 11) is 0. The third-order valence-corrected chi connectivity index (χ3v) is 3.51. The summed E-state index contributed by atoms with van der Waals surface area (Å²) in [6.45, 7) is 0.508. The lowest BCUT2D eigenvalue weighted by atomic mass is 9.88. The lowest BCUT2D eigenvalue weighted by molar-refractivity contribution is 0.0956. The number of phenols is 1. The summed E-state index contributed by atoms with van der Waals surface area (Å²) in [5, 5.41) is 17.5. The van der Waals surface area contributed by atoms with Crippen molar-refractivity contribution >= 4 is 5.78 Å². The Morgan fingerprint density at radius 1 is 1.05 bits per heavy atom. The zero-order valence-electron chi connectivity index (χ0n) is 10.8. The first kappa shape index (κ1) is 12.5. The number of Topliss-reactive ketones (excluding diaryl/α,β-unsaturated/α-hetero) is 1. The van der Waals surface area contributed by atoms with E-state index in [4.69, 9.17) is 0 Å². The van der Waals surface area contributed by atoms with Gasteiger partial charge in [-0.2, -0.15) is 10.2 Å². The quantitative estimate of drug-likeness (QED) is 0.867. The number of aromatic hydroxyl groups is 1. The largest absolute Gasteiger partial charge is 0.508 e. The van der Waals surface area contributed by atoms with E-state index < -0.39 is 6.04 Å². The van der Waals surface area contributed by atoms with Crippen LogP contribution in [0.15, 0.2) is 64.8 Å². The van der Waals surface area contributed by atoms with Crippen molar-refractivity contribution in [1.29, 1.82) is 0 Å². The number of rotatable bonds is 3. The fourth-order valence-electron chi connectivity index (χ4n) is 2.42. The van der Waals surface area contributed by atoms with Crippen molar-refractivity contribution in [3.8, 4) is 5.75 Å². The van der Waals surface area contributed by atoms with Gasteiger partial charge in [-0.25, -0.2) is 0 Å². The minimum atomic E-state index is -0.470. The van der Waals surface area contributed by atoms with Crippen LogP contribution in [0.3, 0.4) is 0 Å². The SMILES string of the molecule is O=C(c1ccccc1)[C@@H]1N=NC[C@H]1c1ccc(O)cc1. The zero-order chi connectivity index (χ0) is 13.9. The van der Waals surface area contributed by atoms with Crippen molar-refractivity contribution in [3.63, 3.8) is 0 Å². The number of azo groups is 1. The Balaban J connectivity index is 1.87. The Morgan fingerprint density at radius 2 is 1.75 bits per heavy atom. The molecule has 1 heterocycles. The van der Waals surface area contributed by atoms with Gasteiger partial charge in [-0.1, -0.05) is 42.5 Å². The Kier molecular flexibility index (Phi) is 3.29. The van der Waals surface area contributed by atoms with E-state index in [0.29, 0.717) is 12.1 Å². The molecule has 2 atom stereocenters. The van der Waals surface area contributed by atoms with Crippen LogP contribution in [0, 0.1) is 0 Å². The summed E-state index contributed by atoms with van der Waals surface area (Å²) >= 11 is 0. The van der Waals surface area contributed by atoms with Gasteiger partial charge in [0.1, 0.15) is 11.8 Å². The number of hydrogen-bond acceptors (Lipinski definition) is 4. The zero-order valence-corrected chi connectivity index (χ0v) is 10.8. The van der Waals surface area contributed by atoms with E-state index in [0.717, 1.165) is 5.56 Å². The molecule has 0 unspecified atom stereocenters. The van der Waals surface area contributed by atoms with Crippen LogP contribution in [0.25, 0.3) is 0 Å². The molecule has 0 saturated carbocycles. The monoisotopic (exact) mass is 266 g/mol. The lowest BCUT2D eigenvalue weighted by Crippen LogP contribution is -2.24. The molecule has 0 aromatic heterocycles. The molecule has 0 bridgehead atoms. The molecule has 2 aromatic rings. The lowest BCUT2D eigenvalue weighted by Gasteiger charge is -2.15. The number of benzene rings is 2. The minimum Gasteiger partial charge on any atom is -0.508 e. The molecule has 0 fully saturated rings. The first-order valence-corrected chi connectivity index (χ1v) is 6.50. The number of ketones is 1. The van der Waals surface area contributed by atoms with Gasteiger partial charge in [-0.3, -0.25) is 4.79 Å². The molecule has 1 N–H and O–H groups in total. The predicted molar refractivity (Wildman–Crippen MR) is 75.1 cm³/mol. The third-order valence-electron chi connectivity index (χ3n) is 3.51. The summed E-state index contributed by atoms with van der Waals surface area (Å²) in [6.07, 6.45) is 0. The van der Waals surface area contributed by atoms with Crippen LogP contribution in [0.4, 0.5) is 0 Å². The number of phenolic OH excluding ortho intramolecular Hbond substituents is 1. The second kappa shape index (κ2) is 5.25. The highest BCUT2D eigenvalue weighted by molar-refractivity contribution is 6.01. The van der Waals surface area contributed by atoms with Crippen LogP contribution in [-0.4, -0.2) is 23.5 Å². The smallest absolute Gasteiger partial charge is 0.189 e. The maximum Gasteiger partial charge on any atom is 0.189 e. The number of nitrogens with zero attached hydrogens (tertiary/aromatic N) is 2. The van der Waals surface area contributed by atoms with Gasteiger partial charge in [0.15, 0.2) is 5.78 Å². The highest BCUT2D eigenvalue weighted by Crippen LogP contribution is 2.30. The summed E-state index contributed by atoms with van der Waals surface area (Å²) in [5.74, 6) is 0.153. The average Bonchev–Trinajstić information content (AvgIpc) is 2.97. The van der Waals surface area contributed by atoms with E-state index in [-0.39, 0.29) is 17.5 Å². The fraction of sp³-hybridized carbons (Fsp3) is 0.188. The molecular weight excluding hydrogens is 252 g/mol. The van der Waals surface area contributed by atoms with Crippen molar-refractivity contribution in [1.82, 2.24) is 0 Å². The van der Waals surface area contributed by atoms with Gasteiger partial charge in [0.25, 0.3) is 0 Å². The number of carbonyl (C=O) groups excluding carboxylic acids is 1. The summed E-state index contributed by atoms with van der Waals surface area (Å²) in [4.78, 5) is 12.5. The summed E-state index contributed by atoms with van der Waals surface area (Å²) < 4.78 is 0. The van der Waals surface area contributed by atoms with Crippen molar-refractivity contribution < 1.29 is 9.90 Å². The molecule has 2 aromatic carbocycles. The first-order chi connectivity index (χ1) is 9.75. The number of carbonyl (C=O) groups is 1. The molecule has 0 amide bonds. The van der Waals surface area contributed by atoms with E-state index in [1.54, 1.807) is 24.3 Å². The fourth-order valence-corrected chi connectivity index (χ4v) is 2.42. The Bertz CT molecular complexity index is 635. The first-order valence-electron chi connectivity index (χ1n) is 6.50. The van der Waals surface area contributed by atoms with E-state index >= 15 is 0 Å². The van der Waals surface area contributed by atoms with Crippen molar-refractivity contribution in [3.05, 3.63) is 65.7 Å². The molecular formula is C16H14N2O2. The second-order valence-electron chi connectivity index (χ2n) is 4.81. The van der Waals surface area contributed by atoms with Gasteiger partial charge >= 0.3 is 0 Å². The van der Waals surface area contributed by atoms with Gasteiger partial charge < -0.3 is 5.11 Å². The van der Waals surface area contributed by atoms with Crippen LogP contribution in [0.2, 0.25) is 0 Å². The topological polar surface area (TPSA) is 62.0 Å². The molecule has 0 spiro atoms. The molecule has 4 heteroatoms. The molecule has 0 saturated heterocycles. The molecule has 3 rings (SSSR count). The summed E-state index contributed by atoms with van der Waals surface area (Å²) in [5.41, 5.74) is 1.63. The van der Waals surface area contributed by atoms with Crippen molar-refractivity contribution in [2.24, 2.45) is 10.2 Å². The summed E-state index contributed by atoms with van der Waals surface area (Å²) in [6, 6.07) is 15.6. The van der Waals surface area contributed by atoms with Gasteiger partial charge in [-0.15, -0.1) is 0 Å². The average molecular weight is 266 g/mol. The predicted octanol–water partition coefficient (Wildman–Crippen LogP) is 3.19. The van der Waals surface area contributed by atoms with Gasteiger partial charge in [-0.05, 0) is 17.7 Å².